The molecule has 0 heterocycles. The summed E-state index contributed by atoms with van der Waals surface area (Å²) in [4.78, 5) is 0. The second kappa shape index (κ2) is 3.24. The van der Waals surface area contributed by atoms with Crippen molar-refractivity contribution in [2.45, 2.75) is 47.0 Å². The zero-order valence-electron chi connectivity index (χ0n) is 8.98. The van der Waals surface area contributed by atoms with Crippen LogP contribution in [0, 0.1) is 17.3 Å². The van der Waals surface area contributed by atoms with E-state index in [1.54, 1.807) is 0 Å². The maximum absolute atomic E-state index is 4.17. The number of allylic oxidation sites excluding steroid dienone is 1. The molecule has 0 aliphatic heterocycles. The van der Waals surface area contributed by atoms with Crippen molar-refractivity contribution >= 4 is 0 Å². The molecule has 0 N–H and O–H groups in total. The van der Waals surface area contributed by atoms with Crippen molar-refractivity contribution in [2.24, 2.45) is 17.3 Å². The van der Waals surface area contributed by atoms with Gasteiger partial charge < -0.3 is 0 Å². The van der Waals surface area contributed by atoms with Crippen LogP contribution in [0.15, 0.2) is 12.2 Å². The SMILES string of the molecule is C=C(C)C1(C(C)CC)CCC1C. The Morgan fingerprint density at radius 3 is 2.33 bits per heavy atom. The average Bonchev–Trinajstić information content (AvgIpc) is 2.01. The Morgan fingerprint density at radius 2 is 2.25 bits per heavy atom. The van der Waals surface area contributed by atoms with E-state index in [4.69, 9.17) is 0 Å². The molecular weight excluding hydrogens is 144 g/mol. The van der Waals surface area contributed by atoms with E-state index in [0.29, 0.717) is 5.41 Å². The summed E-state index contributed by atoms with van der Waals surface area (Å²) in [5.74, 6) is 1.68. The van der Waals surface area contributed by atoms with Gasteiger partial charge in [-0.1, -0.05) is 39.3 Å². The number of rotatable bonds is 3. The summed E-state index contributed by atoms with van der Waals surface area (Å²) >= 11 is 0. The molecule has 12 heavy (non-hydrogen) atoms. The zero-order chi connectivity index (χ0) is 9.35. The van der Waals surface area contributed by atoms with E-state index in [1.165, 1.54) is 24.8 Å². The van der Waals surface area contributed by atoms with Gasteiger partial charge in [-0.3, -0.25) is 0 Å². The zero-order valence-corrected chi connectivity index (χ0v) is 8.98. The fourth-order valence-electron chi connectivity index (χ4n) is 2.90. The van der Waals surface area contributed by atoms with Crippen molar-refractivity contribution in [1.29, 1.82) is 0 Å². The largest absolute Gasteiger partial charge is 0.0996 e. The normalized spacial score (nSPS) is 37.2. The molecule has 1 aliphatic rings. The molecule has 0 aromatic heterocycles. The van der Waals surface area contributed by atoms with E-state index in [-0.39, 0.29) is 0 Å². The Hall–Kier alpha value is -0.260. The molecular formula is C12H22. The Kier molecular flexibility index (Phi) is 2.65. The average molecular weight is 166 g/mol. The highest BCUT2D eigenvalue weighted by atomic mass is 14.5. The molecule has 3 atom stereocenters. The van der Waals surface area contributed by atoms with Crippen LogP contribution in [0.4, 0.5) is 0 Å². The molecule has 0 bridgehead atoms. The van der Waals surface area contributed by atoms with Crippen molar-refractivity contribution in [3.05, 3.63) is 12.2 Å². The first-order chi connectivity index (χ1) is 5.55. The van der Waals surface area contributed by atoms with Gasteiger partial charge in [-0.15, -0.1) is 0 Å². The molecule has 0 nitrogen and oxygen atoms in total. The molecule has 0 amide bonds. The Labute approximate surface area is 77.1 Å². The van der Waals surface area contributed by atoms with Crippen LogP contribution in [0.2, 0.25) is 0 Å². The van der Waals surface area contributed by atoms with Gasteiger partial charge >= 0.3 is 0 Å². The van der Waals surface area contributed by atoms with Crippen LogP contribution in [0.25, 0.3) is 0 Å². The van der Waals surface area contributed by atoms with Gasteiger partial charge in [0.25, 0.3) is 0 Å². The summed E-state index contributed by atoms with van der Waals surface area (Å²) in [7, 11) is 0. The Bertz CT molecular complexity index is 180. The summed E-state index contributed by atoms with van der Waals surface area (Å²) in [5, 5.41) is 0. The summed E-state index contributed by atoms with van der Waals surface area (Å²) < 4.78 is 0. The number of hydrogen-bond donors (Lipinski definition) is 0. The summed E-state index contributed by atoms with van der Waals surface area (Å²) in [6, 6.07) is 0. The van der Waals surface area contributed by atoms with Gasteiger partial charge in [-0.05, 0) is 37.0 Å². The minimum atomic E-state index is 0.495. The van der Waals surface area contributed by atoms with Crippen molar-refractivity contribution < 1.29 is 0 Å². The van der Waals surface area contributed by atoms with E-state index in [9.17, 15) is 0 Å². The monoisotopic (exact) mass is 166 g/mol. The quantitative estimate of drug-likeness (QED) is 0.555. The predicted molar refractivity (Wildman–Crippen MR) is 55.1 cm³/mol. The third-order valence-corrected chi connectivity index (χ3v) is 4.16. The number of hydrogen-bond acceptors (Lipinski definition) is 0. The third kappa shape index (κ3) is 1.12. The van der Waals surface area contributed by atoms with Crippen molar-refractivity contribution in [3.63, 3.8) is 0 Å². The van der Waals surface area contributed by atoms with Gasteiger partial charge in [-0.2, -0.15) is 0 Å². The molecule has 0 aromatic carbocycles. The third-order valence-electron chi connectivity index (χ3n) is 4.16. The maximum Gasteiger partial charge on any atom is -0.00423 e. The van der Waals surface area contributed by atoms with E-state index in [1.807, 2.05) is 0 Å². The van der Waals surface area contributed by atoms with Crippen LogP contribution < -0.4 is 0 Å². The molecule has 70 valence electrons. The lowest BCUT2D eigenvalue weighted by Crippen LogP contribution is -2.44. The molecule has 1 rings (SSSR count). The Morgan fingerprint density at radius 1 is 1.67 bits per heavy atom. The first-order valence-corrected chi connectivity index (χ1v) is 5.21. The van der Waals surface area contributed by atoms with Crippen LogP contribution >= 0.6 is 0 Å². The van der Waals surface area contributed by atoms with Gasteiger partial charge in [-0.25, -0.2) is 0 Å². The highest BCUT2D eigenvalue weighted by Crippen LogP contribution is 2.56. The topological polar surface area (TPSA) is 0 Å². The van der Waals surface area contributed by atoms with Crippen molar-refractivity contribution in [3.8, 4) is 0 Å². The van der Waals surface area contributed by atoms with E-state index in [2.05, 4.69) is 34.3 Å². The van der Waals surface area contributed by atoms with Crippen molar-refractivity contribution in [1.82, 2.24) is 0 Å². The molecule has 3 unspecified atom stereocenters. The smallest absolute Gasteiger partial charge is 0.00423 e. The van der Waals surface area contributed by atoms with E-state index < -0.39 is 0 Å². The molecule has 0 saturated heterocycles. The second-order valence-corrected chi connectivity index (χ2v) is 4.57. The fourth-order valence-corrected chi connectivity index (χ4v) is 2.90. The summed E-state index contributed by atoms with van der Waals surface area (Å²) in [6.07, 6.45) is 4.06. The second-order valence-electron chi connectivity index (χ2n) is 4.57. The van der Waals surface area contributed by atoms with Crippen LogP contribution in [0.5, 0.6) is 0 Å². The lowest BCUT2D eigenvalue weighted by molar-refractivity contribution is 0.0239. The minimum Gasteiger partial charge on any atom is -0.0996 e. The molecule has 0 radical (unpaired) electrons. The highest BCUT2D eigenvalue weighted by molar-refractivity contribution is 5.16. The highest BCUT2D eigenvalue weighted by Gasteiger charge is 2.47. The summed E-state index contributed by atoms with van der Waals surface area (Å²) in [6.45, 7) is 13.4. The molecule has 0 spiro atoms. The molecule has 1 aliphatic carbocycles. The predicted octanol–water partition coefficient (Wildman–Crippen LogP) is 4.02. The molecule has 0 heteroatoms. The van der Waals surface area contributed by atoms with Gasteiger partial charge in [0.1, 0.15) is 0 Å². The first-order valence-electron chi connectivity index (χ1n) is 5.21. The standard InChI is InChI=1S/C12H22/c1-6-10(4)12(9(2)3)8-7-11(12)5/h10-11H,2,6-8H2,1,3-5H3. The molecule has 1 saturated carbocycles. The van der Waals surface area contributed by atoms with Gasteiger partial charge in [0, 0.05) is 0 Å². The molecule has 1 fully saturated rings. The lowest BCUT2D eigenvalue weighted by atomic mass is 9.52. The minimum absolute atomic E-state index is 0.495. The first kappa shape index (κ1) is 9.83. The lowest BCUT2D eigenvalue weighted by Gasteiger charge is -2.53. The summed E-state index contributed by atoms with van der Waals surface area (Å²) in [5.41, 5.74) is 1.91. The van der Waals surface area contributed by atoms with Crippen LogP contribution in [-0.4, -0.2) is 0 Å². The van der Waals surface area contributed by atoms with Crippen molar-refractivity contribution in [2.75, 3.05) is 0 Å². The molecule has 0 aromatic rings. The van der Waals surface area contributed by atoms with E-state index in [0.717, 1.165) is 11.8 Å². The fraction of sp³-hybridized carbons (Fsp3) is 0.833. The van der Waals surface area contributed by atoms with Crippen LogP contribution in [0.3, 0.4) is 0 Å². The van der Waals surface area contributed by atoms with Gasteiger partial charge in [0.2, 0.25) is 0 Å². The van der Waals surface area contributed by atoms with Crippen LogP contribution in [-0.2, 0) is 0 Å². The van der Waals surface area contributed by atoms with Gasteiger partial charge in [0.15, 0.2) is 0 Å². The van der Waals surface area contributed by atoms with E-state index >= 15 is 0 Å². The maximum atomic E-state index is 4.17. The Balaban J connectivity index is 2.80. The van der Waals surface area contributed by atoms with Gasteiger partial charge in [0.05, 0.1) is 0 Å². The van der Waals surface area contributed by atoms with Crippen LogP contribution in [0.1, 0.15) is 47.0 Å².